The van der Waals surface area contributed by atoms with Crippen molar-refractivity contribution in [3.63, 3.8) is 0 Å². The Kier molecular flexibility index (Phi) is 19.1. The van der Waals surface area contributed by atoms with E-state index in [4.69, 9.17) is 18.9 Å². The summed E-state index contributed by atoms with van der Waals surface area (Å²) in [6.45, 7) is 11.2. The third kappa shape index (κ3) is 14.3. The van der Waals surface area contributed by atoms with E-state index in [2.05, 4.69) is 32.6 Å². The second-order valence-corrected chi connectivity index (χ2v) is 13.5. The maximum absolute atomic E-state index is 11.1. The molecule has 0 amide bonds. The quantitative estimate of drug-likeness (QED) is 0.0992. The molecule has 57 heavy (non-hydrogen) atoms. The van der Waals surface area contributed by atoms with Gasteiger partial charge in [-0.2, -0.15) is 0 Å². The maximum Gasteiger partial charge on any atom is 2.00 e. The molecule has 0 aromatic heterocycles. The number of nitrogens with one attached hydrogen (secondary N) is 2. The van der Waals surface area contributed by atoms with E-state index in [1.807, 2.05) is 84.9 Å². The van der Waals surface area contributed by atoms with Crippen LogP contribution in [0.1, 0.15) is 37.8 Å². The standard InChI is InChI=1S/2C22H28N2O4.Mg/c2*1-2-27-21(22(25)26)16-17-8-10-18(11-9-17)23-12-5-13-24-14-15-28-20-7-4-3-6-19(20)24;/h2*3-4,6-11,21,23H,2,5,12-16H2,1H3,(H,25,26);/q;;+2/p-2. The van der Waals surface area contributed by atoms with Crippen LogP contribution in [0.15, 0.2) is 97.1 Å². The van der Waals surface area contributed by atoms with Crippen molar-refractivity contribution >= 4 is 57.7 Å². The van der Waals surface area contributed by atoms with Gasteiger partial charge in [0.2, 0.25) is 0 Å². The zero-order chi connectivity index (χ0) is 39.5. The van der Waals surface area contributed by atoms with Gasteiger partial charge in [0.25, 0.3) is 0 Å². The van der Waals surface area contributed by atoms with Crippen LogP contribution in [0.25, 0.3) is 0 Å². The van der Waals surface area contributed by atoms with E-state index >= 15 is 0 Å². The number of carbonyl (C=O) groups is 2. The number of hydrogen-bond donors (Lipinski definition) is 2. The molecule has 0 radical (unpaired) electrons. The van der Waals surface area contributed by atoms with Crippen LogP contribution in [0.5, 0.6) is 11.5 Å². The number of para-hydroxylation sites is 4. The number of carboxylic acids is 2. The van der Waals surface area contributed by atoms with Gasteiger partial charge in [0.15, 0.2) is 0 Å². The van der Waals surface area contributed by atoms with Gasteiger partial charge in [0.1, 0.15) is 36.9 Å². The Balaban J connectivity index is 0.000000248. The summed E-state index contributed by atoms with van der Waals surface area (Å²) < 4.78 is 21.8. The summed E-state index contributed by atoms with van der Waals surface area (Å²) in [6.07, 6.45) is 0.834. The fraction of sp³-hybridized carbons (Fsp3) is 0.409. The van der Waals surface area contributed by atoms with Crippen molar-refractivity contribution in [2.45, 2.75) is 51.7 Å². The summed E-state index contributed by atoms with van der Waals surface area (Å²) in [5.41, 5.74) is 6.20. The topological polar surface area (TPSA) is 148 Å². The minimum Gasteiger partial charge on any atom is -0.547 e. The Bertz CT molecular complexity index is 1670. The van der Waals surface area contributed by atoms with Crippen LogP contribution >= 0.6 is 0 Å². The molecule has 2 aliphatic rings. The van der Waals surface area contributed by atoms with Crippen LogP contribution in [0.3, 0.4) is 0 Å². The number of carbonyl (C=O) groups excluding carboxylic acids is 2. The van der Waals surface area contributed by atoms with Gasteiger partial charge in [-0.1, -0.05) is 48.5 Å². The number of fused-ring (bicyclic) bond motifs is 2. The van der Waals surface area contributed by atoms with Crippen molar-refractivity contribution in [3.05, 3.63) is 108 Å². The van der Waals surface area contributed by atoms with Gasteiger partial charge in [0, 0.05) is 63.6 Å². The van der Waals surface area contributed by atoms with E-state index < -0.39 is 24.1 Å². The molecule has 2 atom stereocenters. The monoisotopic (exact) mass is 790 g/mol. The SMILES string of the molecule is CCOC(Cc1ccc(NCCCN2CCOc3ccccc32)cc1)C(=O)[O-].CCOC(Cc1ccc(NCCCN2CCOc3ccccc32)cc1)C(=O)[O-].[Mg+2]. The van der Waals surface area contributed by atoms with Gasteiger partial charge in [-0.25, -0.2) is 0 Å². The first-order chi connectivity index (χ1) is 27.3. The molecule has 0 aliphatic carbocycles. The van der Waals surface area contributed by atoms with Crippen LogP contribution in [-0.2, 0) is 31.9 Å². The van der Waals surface area contributed by atoms with Crippen LogP contribution in [0, 0.1) is 0 Å². The van der Waals surface area contributed by atoms with Crippen molar-refractivity contribution in [3.8, 4) is 11.5 Å². The Morgan fingerprint density at radius 3 is 1.39 bits per heavy atom. The number of ether oxygens (including phenoxy) is 4. The summed E-state index contributed by atoms with van der Waals surface area (Å²) in [6, 6.07) is 31.9. The number of benzene rings is 4. The largest absolute Gasteiger partial charge is 2.00 e. The molecule has 2 unspecified atom stereocenters. The summed E-state index contributed by atoms with van der Waals surface area (Å²) >= 11 is 0. The van der Waals surface area contributed by atoms with Gasteiger partial charge in [0.05, 0.1) is 36.4 Å². The van der Waals surface area contributed by atoms with Crippen LogP contribution in [0.4, 0.5) is 22.7 Å². The normalized spacial score (nSPS) is 13.9. The van der Waals surface area contributed by atoms with Crippen molar-refractivity contribution in [2.75, 3.05) is 86.1 Å². The van der Waals surface area contributed by atoms with Crippen LogP contribution < -0.4 is 40.1 Å². The maximum atomic E-state index is 11.1. The fourth-order valence-corrected chi connectivity index (χ4v) is 6.69. The first kappa shape index (κ1) is 45.0. The molecule has 2 heterocycles. The number of aliphatic carboxylic acids is 2. The molecule has 300 valence electrons. The molecule has 2 aliphatic heterocycles. The second kappa shape index (κ2) is 24.2. The van der Waals surface area contributed by atoms with E-state index in [0.717, 1.165) is 111 Å². The van der Waals surface area contributed by atoms with Gasteiger partial charge in [-0.3, -0.25) is 0 Å². The Labute approximate surface area is 352 Å². The minimum absolute atomic E-state index is 0. The molecule has 0 spiro atoms. The smallest absolute Gasteiger partial charge is 0.547 e. The molecule has 0 fully saturated rings. The molecule has 2 N–H and O–H groups in total. The second-order valence-electron chi connectivity index (χ2n) is 13.5. The molecule has 0 saturated heterocycles. The van der Waals surface area contributed by atoms with E-state index in [9.17, 15) is 19.8 Å². The van der Waals surface area contributed by atoms with Crippen LogP contribution in [0.2, 0.25) is 0 Å². The van der Waals surface area contributed by atoms with Gasteiger partial charge >= 0.3 is 23.1 Å². The Hall–Kier alpha value is -4.69. The van der Waals surface area contributed by atoms with Crippen molar-refractivity contribution in [2.24, 2.45) is 0 Å². The van der Waals surface area contributed by atoms with E-state index in [1.54, 1.807) is 13.8 Å². The van der Waals surface area contributed by atoms with Crippen molar-refractivity contribution in [1.82, 2.24) is 0 Å². The van der Waals surface area contributed by atoms with Gasteiger partial charge in [-0.05, 0) is 86.3 Å². The fourth-order valence-electron chi connectivity index (χ4n) is 6.69. The number of rotatable bonds is 20. The third-order valence-corrected chi connectivity index (χ3v) is 9.53. The Morgan fingerprint density at radius 1 is 0.632 bits per heavy atom. The summed E-state index contributed by atoms with van der Waals surface area (Å²) in [5, 5.41) is 29.0. The average Bonchev–Trinajstić information content (AvgIpc) is 3.22. The average molecular weight is 791 g/mol. The van der Waals surface area contributed by atoms with Gasteiger partial charge < -0.3 is 59.2 Å². The molecular weight excluding hydrogens is 737 g/mol. The predicted molar refractivity (Wildman–Crippen MR) is 221 cm³/mol. The van der Waals surface area contributed by atoms with Crippen molar-refractivity contribution in [1.29, 1.82) is 0 Å². The predicted octanol–water partition coefficient (Wildman–Crippen LogP) is 3.79. The van der Waals surface area contributed by atoms with Gasteiger partial charge in [-0.15, -0.1) is 0 Å². The molecule has 12 nitrogen and oxygen atoms in total. The van der Waals surface area contributed by atoms with E-state index in [-0.39, 0.29) is 23.1 Å². The molecular formula is C44H54MgN4O8. The Morgan fingerprint density at radius 2 is 1.02 bits per heavy atom. The molecule has 13 heteroatoms. The van der Waals surface area contributed by atoms with E-state index in [0.29, 0.717) is 26.1 Å². The first-order valence-corrected chi connectivity index (χ1v) is 19.6. The zero-order valence-electron chi connectivity index (χ0n) is 33.2. The van der Waals surface area contributed by atoms with Crippen molar-refractivity contribution < 1.29 is 38.7 Å². The minimum atomic E-state index is -1.17. The third-order valence-electron chi connectivity index (χ3n) is 9.53. The number of hydrogen-bond acceptors (Lipinski definition) is 12. The summed E-state index contributed by atoms with van der Waals surface area (Å²) in [5.74, 6) is -0.430. The number of nitrogens with zero attached hydrogens (tertiary/aromatic N) is 2. The zero-order valence-corrected chi connectivity index (χ0v) is 34.6. The number of carboxylic acid groups (broad SMARTS) is 2. The molecule has 0 bridgehead atoms. The molecule has 6 rings (SSSR count). The summed E-state index contributed by atoms with van der Waals surface area (Å²) in [4.78, 5) is 26.9. The molecule has 4 aromatic carbocycles. The first-order valence-electron chi connectivity index (χ1n) is 19.6. The molecule has 0 saturated carbocycles. The van der Waals surface area contributed by atoms with Crippen LogP contribution in [-0.4, -0.2) is 113 Å². The molecule has 4 aromatic rings. The van der Waals surface area contributed by atoms with E-state index in [1.165, 1.54) is 0 Å². The summed E-state index contributed by atoms with van der Waals surface area (Å²) in [7, 11) is 0. The number of anilines is 4.